The summed E-state index contributed by atoms with van der Waals surface area (Å²) in [5.41, 5.74) is 15.0. The third-order valence-electron chi connectivity index (χ3n) is 5.05. The van der Waals surface area contributed by atoms with Gasteiger partial charge in [-0.2, -0.15) is 0 Å². The summed E-state index contributed by atoms with van der Waals surface area (Å²) in [4.78, 5) is 4.86. The molecule has 0 saturated heterocycles. The Bertz CT molecular complexity index is 1330. The van der Waals surface area contributed by atoms with Gasteiger partial charge in [0, 0.05) is 41.3 Å². The van der Waals surface area contributed by atoms with E-state index >= 15 is 0 Å². The second-order valence-corrected chi connectivity index (χ2v) is 7.23. The predicted octanol–water partition coefficient (Wildman–Crippen LogP) is 5.30. The van der Waals surface area contributed by atoms with Gasteiger partial charge in [-0.15, -0.1) is 4.57 Å². The summed E-state index contributed by atoms with van der Waals surface area (Å²) in [5, 5.41) is 3.50. The number of hydrogen-bond donors (Lipinski definition) is 2. The van der Waals surface area contributed by atoms with Crippen molar-refractivity contribution in [3.05, 3.63) is 96.6 Å². The summed E-state index contributed by atoms with van der Waals surface area (Å²) in [5.74, 6) is 0. The lowest BCUT2D eigenvalue weighted by Crippen LogP contribution is -2.33. The summed E-state index contributed by atoms with van der Waals surface area (Å²) in [6.07, 6.45) is 0. The Morgan fingerprint density at radius 2 is 1.38 bits per heavy atom. The van der Waals surface area contributed by atoms with E-state index in [1.165, 1.54) is 5.56 Å². The van der Waals surface area contributed by atoms with Crippen LogP contribution in [0.4, 0.5) is 17.1 Å². The van der Waals surface area contributed by atoms with Gasteiger partial charge in [0.25, 0.3) is 0 Å². The number of aryl methyl sites for hydroxylation is 1. The lowest BCUT2D eigenvalue weighted by molar-refractivity contribution is -0.538. The number of rotatable bonds is 3. The molecule has 4 nitrogen and oxygen atoms in total. The maximum Gasteiger partial charge on any atom is 0.239 e. The summed E-state index contributed by atoms with van der Waals surface area (Å²) in [7, 11) is 0. The molecule has 0 aliphatic rings. The van der Waals surface area contributed by atoms with Crippen molar-refractivity contribution in [1.29, 1.82) is 0 Å². The number of benzene rings is 4. The van der Waals surface area contributed by atoms with Crippen molar-refractivity contribution < 1.29 is 4.57 Å². The Hall–Kier alpha value is -3.92. The molecule has 4 aromatic carbocycles. The molecule has 0 atom stereocenters. The lowest BCUT2D eigenvalue weighted by atomic mass is 10.1. The summed E-state index contributed by atoms with van der Waals surface area (Å²) in [6.45, 7) is 2.09. The minimum absolute atomic E-state index is 0.720. The lowest BCUT2D eigenvalue weighted by Gasteiger charge is -2.09. The van der Waals surface area contributed by atoms with Gasteiger partial charge in [-0.1, -0.05) is 35.9 Å². The van der Waals surface area contributed by atoms with Gasteiger partial charge in [-0.25, -0.2) is 4.98 Å². The number of aromatic nitrogens is 2. The SMILES string of the molecule is Cc1ccc(Nc2ccc3nc4ccc(N)cc4[n+](-c4ccccc4)c3c2)cc1. The molecule has 0 aliphatic carbocycles. The standard InChI is InChI=1S/C25H20N4/c1-17-7-10-19(11-8-17)27-20-12-14-23-25(16-20)29(21-5-3-2-4-6-21)24-15-18(26)9-13-22(24)28-23/h2-16H,1H3,(H2,26,27)/p+1. The minimum Gasteiger partial charge on any atom is -0.399 e. The summed E-state index contributed by atoms with van der Waals surface area (Å²) < 4.78 is 2.22. The molecule has 0 aliphatic heterocycles. The zero-order chi connectivity index (χ0) is 19.8. The maximum absolute atomic E-state index is 6.11. The van der Waals surface area contributed by atoms with E-state index < -0.39 is 0 Å². The van der Waals surface area contributed by atoms with Crippen LogP contribution in [0.1, 0.15) is 5.56 Å². The molecule has 3 N–H and O–H groups in total. The van der Waals surface area contributed by atoms with Gasteiger partial charge in [-0.3, -0.25) is 0 Å². The molecule has 0 bridgehead atoms. The highest BCUT2D eigenvalue weighted by Gasteiger charge is 2.20. The van der Waals surface area contributed by atoms with E-state index in [0.29, 0.717) is 0 Å². The maximum atomic E-state index is 6.11. The fraction of sp³-hybridized carbons (Fsp3) is 0.0400. The average Bonchev–Trinajstić information content (AvgIpc) is 2.74. The fourth-order valence-corrected chi connectivity index (χ4v) is 3.61. The first kappa shape index (κ1) is 17.2. The van der Waals surface area contributed by atoms with Crippen molar-refractivity contribution in [1.82, 2.24) is 4.98 Å². The monoisotopic (exact) mass is 377 g/mol. The first-order chi connectivity index (χ1) is 14.2. The van der Waals surface area contributed by atoms with E-state index in [9.17, 15) is 0 Å². The van der Waals surface area contributed by atoms with Gasteiger partial charge in [0.05, 0.1) is 0 Å². The Morgan fingerprint density at radius 1 is 0.724 bits per heavy atom. The molecule has 0 radical (unpaired) electrons. The van der Waals surface area contributed by atoms with Crippen LogP contribution >= 0.6 is 0 Å². The zero-order valence-corrected chi connectivity index (χ0v) is 16.1. The molecular weight excluding hydrogens is 356 g/mol. The number of nitrogens with one attached hydrogen (secondary N) is 1. The van der Waals surface area contributed by atoms with Crippen molar-refractivity contribution >= 4 is 39.1 Å². The minimum atomic E-state index is 0.720. The van der Waals surface area contributed by atoms with Gasteiger partial charge >= 0.3 is 0 Å². The molecule has 140 valence electrons. The van der Waals surface area contributed by atoms with Crippen LogP contribution in [0, 0.1) is 6.92 Å². The van der Waals surface area contributed by atoms with Crippen LogP contribution in [0.25, 0.3) is 27.8 Å². The molecule has 5 rings (SSSR count). The number of hydrogen-bond acceptors (Lipinski definition) is 3. The summed E-state index contributed by atoms with van der Waals surface area (Å²) in [6, 6.07) is 30.8. The third-order valence-corrected chi connectivity index (χ3v) is 5.05. The molecule has 0 fully saturated rings. The van der Waals surface area contributed by atoms with Gasteiger partial charge in [0.1, 0.15) is 11.0 Å². The number of fused-ring (bicyclic) bond motifs is 2. The molecule has 29 heavy (non-hydrogen) atoms. The van der Waals surface area contributed by atoms with Gasteiger partial charge in [0.2, 0.25) is 16.7 Å². The average molecular weight is 377 g/mol. The van der Waals surface area contributed by atoms with Gasteiger partial charge in [0.15, 0.2) is 0 Å². The van der Waals surface area contributed by atoms with E-state index in [1.54, 1.807) is 0 Å². The molecular formula is C25H21N4+. The smallest absolute Gasteiger partial charge is 0.239 e. The normalized spacial score (nSPS) is 11.1. The highest BCUT2D eigenvalue weighted by molar-refractivity contribution is 5.86. The van der Waals surface area contributed by atoms with Crippen LogP contribution in [0.5, 0.6) is 0 Å². The Kier molecular flexibility index (Phi) is 4.10. The first-order valence-electron chi connectivity index (χ1n) is 9.61. The molecule has 0 unspecified atom stereocenters. The Balaban J connectivity index is 1.75. The quantitative estimate of drug-likeness (QED) is 0.255. The molecule has 0 saturated carbocycles. The van der Waals surface area contributed by atoms with Crippen molar-refractivity contribution in [3.8, 4) is 5.69 Å². The van der Waals surface area contributed by atoms with Crippen LogP contribution in [-0.2, 0) is 0 Å². The van der Waals surface area contributed by atoms with Crippen LogP contribution in [-0.4, -0.2) is 4.98 Å². The molecule has 4 heteroatoms. The topological polar surface area (TPSA) is 54.8 Å². The predicted molar refractivity (Wildman–Crippen MR) is 120 cm³/mol. The second kappa shape index (κ2) is 6.91. The highest BCUT2D eigenvalue weighted by atomic mass is 15.0. The number of nitrogens with zero attached hydrogens (tertiary/aromatic N) is 2. The van der Waals surface area contributed by atoms with Gasteiger partial charge < -0.3 is 11.1 Å². The number of anilines is 3. The van der Waals surface area contributed by atoms with E-state index in [2.05, 4.69) is 71.4 Å². The molecule has 0 amide bonds. The van der Waals surface area contributed by atoms with Crippen LogP contribution in [0.2, 0.25) is 0 Å². The molecule has 0 spiro atoms. The number of nitrogens with two attached hydrogens (primary N) is 1. The van der Waals surface area contributed by atoms with E-state index in [4.69, 9.17) is 10.7 Å². The van der Waals surface area contributed by atoms with E-state index in [1.807, 2.05) is 36.4 Å². The third kappa shape index (κ3) is 3.25. The second-order valence-electron chi connectivity index (χ2n) is 7.23. The molecule has 1 heterocycles. The van der Waals surface area contributed by atoms with E-state index in [0.717, 1.165) is 44.8 Å². The largest absolute Gasteiger partial charge is 0.399 e. The zero-order valence-electron chi connectivity index (χ0n) is 16.1. The fourth-order valence-electron chi connectivity index (χ4n) is 3.61. The number of para-hydroxylation sites is 1. The van der Waals surface area contributed by atoms with Crippen molar-refractivity contribution in [3.63, 3.8) is 0 Å². The molecule has 1 aromatic heterocycles. The van der Waals surface area contributed by atoms with Crippen molar-refractivity contribution in [2.24, 2.45) is 0 Å². The Labute approximate surface area is 169 Å². The van der Waals surface area contributed by atoms with Crippen molar-refractivity contribution in [2.75, 3.05) is 11.1 Å². The van der Waals surface area contributed by atoms with Crippen molar-refractivity contribution in [2.45, 2.75) is 6.92 Å². The first-order valence-corrected chi connectivity index (χ1v) is 9.61. The van der Waals surface area contributed by atoms with Crippen LogP contribution in [0.3, 0.4) is 0 Å². The summed E-state index contributed by atoms with van der Waals surface area (Å²) >= 11 is 0. The van der Waals surface area contributed by atoms with Crippen LogP contribution < -0.4 is 15.6 Å². The van der Waals surface area contributed by atoms with E-state index in [-0.39, 0.29) is 0 Å². The Morgan fingerprint density at radius 3 is 2.14 bits per heavy atom. The highest BCUT2D eigenvalue weighted by Crippen LogP contribution is 2.24. The van der Waals surface area contributed by atoms with Gasteiger partial charge in [-0.05, 0) is 43.3 Å². The van der Waals surface area contributed by atoms with Crippen LogP contribution in [0.15, 0.2) is 91.0 Å². The number of nitrogen functional groups attached to an aromatic ring is 1. The molecule has 5 aromatic rings.